The minimum absolute atomic E-state index is 0.785. The maximum Gasteiger partial charge on any atom is 0.0593 e. The molecular formula is C9H19NO. The Bertz CT molecular complexity index is 95.7. The van der Waals surface area contributed by atoms with E-state index in [1.165, 1.54) is 19.5 Å². The van der Waals surface area contributed by atoms with Crippen molar-refractivity contribution in [2.75, 3.05) is 32.8 Å². The van der Waals surface area contributed by atoms with Gasteiger partial charge in [-0.3, -0.25) is 0 Å². The van der Waals surface area contributed by atoms with Gasteiger partial charge in [0.1, 0.15) is 0 Å². The lowest BCUT2D eigenvalue weighted by molar-refractivity contribution is 0.139. The van der Waals surface area contributed by atoms with Crippen LogP contribution in [0, 0.1) is 5.92 Å². The maximum atomic E-state index is 5.36. The molecule has 0 N–H and O–H groups in total. The van der Waals surface area contributed by atoms with Crippen molar-refractivity contribution in [3.63, 3.8) is 0 Å². The zero-order valence-electron chi connectivity index (χ0n) is 7.68. The molecule has 0 saturated carbocycles. The van der Waals surface area contributed by atoms with Crippen LogP contribution in [0.1, 0.15) is 20.3 Å². The van der Waals surface area contributed by atoms with Crippen molar-refractivity contribution in [2.45, 2.75) is 20.3 Å². The van der Waals surface area contributed by atoms with Crippen molar-refractivity contribution in [2.24, 2.45) is 5.92 Å². The first-order chi connectivity index (χ1) is 5.29. The topological polar surface area (TPSA) is 12.5 Å². The van der Waals surface area contributed by atoms with E-state index in [1.54, 1.807) is 0 Å². The average Bonchev–Trinajstić information content (AvgIpc) is 2.14. The lowest BCUT2D eigenvalue weighted by Crippen LogP contribution is -2.30. The SMILES string of the molecule is CC(C)CN1CCCOCC1. The van der Waals surface area contributed by atoms with Crippen molar-refractivity contribution in [3.05, 3.63) is 0 Å². The molecule has 1 heterocycles. The molecule has 0 aromatic carbocycles. The molecule has 0 aromatic rings. The van der Waals surface area contributed by atoms with Crippen LogP contribution in [0.5, 0.6) is 0 Å². The van der Waals surface area contributed by atoms with E-state index in [4.69, 9.17) is 4.74 Å². The Labute approximate surface area is 69.5 Å². The smallest absolute Gasteiger partial charge is 0.0593 e. The highest BCUT2D eigenvalue weighted by molar-refractivity contribution is 4.62. The standard InChI is InChI=1S/C9H19NO/c1-9(2)8-10-4-3-6-11-7-5-10/h9H,3-8H2,1-2H3. The molecule has 2 nitrogen and oxygen atoms in total. The summed E-state index contributed by atoms with van der Waals surface area (Å²) in [6.45, 7) is 9.98. The van der Waals surface area contributed by atoms with E-state index >= 15 is 0 Å². The fraction of sp³-hybridized carbons (Fsp3) is 1.00. The van der Waals surface area contributed by atoms with Gasteiger partial charge in [-0.1, -0.05) is 13.8 Å². The summed E-state index contributed by atoms with van der Waals surface area (Å²) in [7, 11) is 0. The Kier molecular flexibility index (Phi) is 3.87. The van der Waals surface area contributed by atoms with Gasteiger partial charge in [-0.05, 0) is 12.3 Å². The first-order valence-electron chi connectivity index (χ1n) is 4.59. The normalized spacial score (nSPS) is 22.1. The molecule has 2 heteroatoms. The van der Waals surface area contributed by atoms with Gasteiger partial charge in [0.05, 0.1) is 6.61 Å². The average molecular weight is 157 g/mol. The molecule has 66 valence electrons. The molecule has 1 saturated heterocycles. The zero-order valence-corrected chi connectivity index (χ0v) is 7.68. The molecule has 1 aliphatic heterocycles. The van der Waals surface area contributed by atoms with Crippen LogP contribution >= 0.6 is 0 Å². The van der Waals surface area contributed by atoms with E-state index < -0.39 is 0 Å². The van der Waals surface area contributed by atoms with E-state index in [-0.39, 0.29) is 0 Å². The molecule has 0 spiro atoms. The molecule has 0 atom stereocenters. The molecule has 1 fully saturated rings. The number of hydrogen-bond donors (Lipinski definition) is 0. The third-order valence-electron chi connectivity index (χ3n) is 1.94. The van der Waals surface area contributed by atoms with Gasteiger partial charge in [-0.25, -0.2) is 0 Å². The predicted molar refractivity (Wildman–Crippen MR) is 46.7 cm³/mol. The summed E-state index contributed by atoms with van der Waals surface area (Å²) < 4.78 is 5.36. The largest absolute Gasteiger partial charge is 0.380 e. The number of rotatable bonds is 2. The second kappa shape index (κ2) is 4.73. The van der Waals surface area contributed by atoms with Gasteiger partial charge < -0.3 is 9.64 Å². The third kappa shape index (κ3) is 3.73. The Balaban J connectivity index is 2.20. The first-order valence-corrected chi connectivity index (χ1v) is 4.59. The summed E-state index contributed by atoms with van der Waals surface area (Å²) in [5, 5.41) is 0. The second-order valence-electron chi connectivity index (χ2n) is 3.66. The highest BCUT2D eigenvalue weighted by Gasteiger charge is 2.09. The number of ether oxygens (including phenoxy) is 1. The molecule has 0 aliphatic carbocycles. The van der Waals surface area contributed by atoms with Gasteiger partial charge >= 0.3 is 0 Å². The Morgan fingerprint density at radius 3 is 2.82 bits per heavy atom. The van der Waals surface area contributed by atoms with Crippen LogP contribution in [-0.4, -0.2) is 37.7 Å². The Morgan fingerprint density at radius 1 is 1.27 bits per heavy atom. The Hall–Kier alpha value is -0.0800. The van der Waals surface area contributed by atoms with Crippen molar-refractivity contribution >= 4 is 0 Å². The Morgan fingerprint density at radius 2 is 2.09 bits per heavy atom. The van der Waals surface area contributed by atoms with Gasteiger partial charge in [-0.15, -0.1) is 0 Å². The first kappa shape index (κ1) is 9.01. The molecule has 0 amide bonds. The van der Waals surface area contributed by atoms with Crippen LogP contribution in [0.25, 0.3) is 0 Å². The maximum absolute atomic E-state index is 5.36. The highest BCUT2D eigenvalue weighted by atomic mass is 16.5. The van der Waals surface area contributed by atoms with Gasteiger partial charge in [0, 0.05) is 26.2 Å². The van der Waals surface area contributed by atoms with Crippen molar-refractivity contribution < 1.29 is 4.74 Å². The van der Waals surface area contributed by atoms with Crippen LogP contribution < -0.4 is 0 Å². The minimum Gasteiger partial charge on any atom is -0.380 e. The molecular weight excluding hydrogens is 138 g/mol. The van der Waals surface area contributed by atoms with E-state index in [9.17, 15) is 0 Å². The highest BCUT2D eigenvalue weighted by Crippen LogP contribution is 2.02. The van der Waals surface area contributed by atoms with Gasteiger partial charge in [0.15, 0.2) is 0 Å². The van der Waals surface area contributed by atoms with Gasteiger partial charge in [0.2, 0.25) is 0 Å². The number of hydrogen-bond acceptors (Lipinski definition) is 2. The van der Waals surface area contributed by atoms with E-state index in [1.807, 2.05) is 0 Å². The van der Waals surface area contributed by atoms with E-state index in [0.717, 1.165) is 25.7 Å². The van der Waals surface area contributed by atoms with Crippen LogP contribution in [0.15, 0.2) is 0 Å². The lowest BCUT2D eigenvalue weighted by Gasteiger charge is -2.20. The fourth-order valence-corrected chi connectivity index (χ4v) is 1.50. The predicted octanol–water partition coefficient (Wildman–Crippen LogP) is 1.36. The monoisotopic (exact) mass is 157 g/mol. The summed E-state index contributed by atoms with van der Waals surface area (Å²) in [6, 6.07) is 0. The lowest BCUT2D eigenvalue weighted by atomic mass is 10.2. The molecule has 0 unspecified atom stereocenters. The zero-order chi connectivity index (χ0) is 8.10. The van der Waals surface area contributed by atoms with Crippen LogP contribution in [0.2, 0.25) is 0 Å². The summed E-state index contributed by atoms with van der Waals surface area (Å²) >= 11 is 0. The van der Waals surface area contributed by atoms with E-state index in [0.29, 0.717) is 0 Å². The molecule has 11 heavy (non-hydrogen) atoms. The van der Waals surface area contributed by atoms with Crippen molar-refractivity contribution in [1.29, 1.82) is 0 Å². The third-order valence-corrected chi connectivity index (χ3v) is 1.94. The second-order valence-corrected chi connectivity index (χ2v) is 3.66. The van der Waals surface area contributed by atoms with E-state index in [2.05, 4.69) is 18.7 Å². The molecule has 0 aromatic heterocycles. The van der Waals surface area contributed by atoms with Crippen LogP contribution in [0.4, 0.5) is 0 Å². The quantitative estimate of drug-likeness (QED) is 0.600. The molecule has 0 bridgehead atoms. The van der Waals surface area contributed by atoms with Crippen molar-refractivity contribution in [3.8, 4) is 0 Å². The molecule has 0 radical (unpaired) electrons. The molecule has 1 aliphatic rings. The fourth-order valence-electron chi connectivity index (χ4n) is 1.50. The summed E-state index contributed by atoms with van der Waals surface area (Å²) in [5.74, 6) is 0.785. The molecule has 1 rings (SSSR count). The summed E-state index contributed by atoms with van der Waals surface area (Å²) in [4.78, 5) is 2.50. The summed E-state index contributed by atoms with van der Waals surface area (Å²) in [5.41, 5.74) is 0. The van der Waals surface area contributed by atoms with Crippen LogP contribution in [0.3, 0.4) is 0 Å². The van der Waals surface area contributed by atoms with Crippen molar-refractivity contribution in [1.82, 2.24) is 4.90 Å². The summed E-state index contributed by atoms with van der Waals surface area (Å²) in [6.07, 6.45) is 1.20. The minimum atomic E-state index is 0.785. The van der Waals surface area contributed by atoms with Gasteiger partial charge in [0.25, 0.3) is 0 Å². The van der Waals surface area contributed by atoms with Crippen LogP contribution in [-0.2, 0) is 4.74 Å². The van der Waals surface area contributed by atoms with Gasteiger partial charge in [-0.2, -0.15) is 0 Å². The number of nitrogens with zero attached hydrogens (tertiary/aromatic N) is 1.